The fourth-order valence-electron chi connectivity index (χ4n) is 3.63. The summed E-state index contributed by atoms with van der Waals surface area (Å²) in [6, 6.07) is 2.24. The van der Waals surface area contributed by atoms with Crippen molar-refractivity contribution in [1.29, 1.82) is 5.26 Å². The van der Waals surface area contributed by atoms with Crippen LogP contribution in [0.5, 0.6) is 0 Å². The summed E-state index contributed by atoms with van der Waals surface area (Å²) < 4.78 is 0. The van der Waals surface area contributed by atoms with E-state index in [-0.39, 0.29) is 5.92 Å². The molecule has 0 saturated carbocycles. The molecule has 0 radical (unpaired) electrons. The lowest BCUT2D eigenvalue weighted by atomic mass is 9.83. The zero-order chi connectivity index (χ0) is 22.1. The molecule has 0 N–H and O–H groups in total. The highest BCUT2D eigenvalue weighted by Crippen LogP contribution is 2.30. The summed E-state index contributed by atoms with van der Waals surface area (Å²) in [7, 11) is 0. The van der Waals surface area contributed by atoms with Crippen LogP contribution in [0.4, 0.5) is 0 Å². The number of unbranched alkanes of at least 4 members (excludes halogenated alkanes) is 2. The number of hydrogen-bond acceptors (Lipinski definition) is 1. The van der Waals surface area contributed by atoms with Crippen molar-refractivity contribution >= 4 is 0 Å². The molecular weight excluding hydrogens is 350 g/mol. The van der Waals surface area contributed by atoms with Crippen molar-refractivity contribution in [2.45, 2.75) is 85.5 Å². The first-order valence-electron chi connectivity index (χ1n) is 11.3. The number of hydrogen-bond donors (Lipinski definition) is 0. The van der Waals surface area contributed by atoms with E-state index in [9.17, 15) is 5.26 Å². The largest absolute Gasteiger partial charge is 0.192 e. The Labute approximate surface area is 181 Å². The lowest BCUT2D eigenvalue weighted by molar-refractivity contribution is 0.492. The van der Waals surface area contributed by atoms with Crippen LogP contribution in [0.15, 0.2) is 72.4 Å². The highest BCUT2D eigenvalue weighted by atomic mass is 14.3. The SMILES string of the molecule is C=C/C(C#N)=C/C(C(=C)CC(C)CCCC(=C)CCCCC)C(=C\CC)/C=C/C. The third kappa shape index (κ3) is 12.2. The van der Waals surface area contributed by atoms with E-state index >= 15 is 0 Å². The van der Waals surface area contributed by atoms with Gasteiger partial charge in [-0.15, -0.1) is 0 Å². The van der Waals surface area contributed by atoms with E-state index in [1.807, 2.05) is 13.0 Å². The van der Waals surface area contributed by atoms with Crippen molar-refractivity contribution < 1.29 is 0 Å². The molecule has 0 aliphatic carbocycles. The topological polar surface area (TPSA) is 23.8 Å². The molecule has 0 spiro atoms. The third-order valence-electron chi connectivity index (χ3n) is 5.26. The Morgan fingerprint density at radius 2 is 1.79 bits per heavy atom. The summed E-state index contributed by atoms with van der Waals surface area (Å²) in [6.07, 6.45) is 20.5. The molecule has 2 atom stereocenters. The van der Waals surface area contributed by atoms with E-state index in [0.29, 0.717) is 11.5 Å². The van der Waals surface area contributed by atoms with Gasteiger partial charge in [0.2, 0.25) is 0 Å². The standard InChI is InChI=1S/C28H43N/c1-8-12-13-17-23(5)18-14-19-24(6)20-25(7)28(21-26(11-4)22-29)27(15-9-2)16-10-3/h9,11,15-16,21,24,28H,4-5,7-8,10,12-14,17-20H2,1-3,6H3/b15-9+,26-21-,27-16-. The summed E-state index contributed by atoms with van der Waals surface area (Å²) in [5.74, 6) is 0.634. The van der Waals surface area contributed by atoms with Gasteiger partial charge < -0.3 is 0 Å². The van der Waals surface area contributed by atoms with Gasteiger partial charge in [0.25, 0.3) is 0 Å². The van der Waals surface area contributed by atoms with Gasteiger partial charge in [0.05, 0.1) is 6.07 Å². The Balaban J connectivity index is 4.98. The summed E-state index contributed by atoms with van der Waals surface area (Å²) in [6.45, 7) is 21.2. The van der Waals surface area contributed by atoms with Gasteiger partial charge in [0.15, 0.2) is 0 Å². The van der Waals surface area contributed by atoms with Crippen LogP contribution >= 0.6 is 0 Å². The van der Waals surface area contributed by atoms with Gasteiger partial charge in [-0.05, 0) is 56.9 Å². The van der Waals surface area contributed by atoms with Gasteiger partial charge in [-0.1, -0.05) is 101 Å². The average Bonchev–Trinajstić information content (AvgIpc) is 2.69. The second kappa shape index (κ2) is 16.8. The fraction of sp³-hybridized carbons (Fsp3) is 0.536. The fourth-order valence-corrected chi connectivity index (χ4v) is 3.63. The van der Waals surface area contributed by atoms with Crippen molar-refractivity contribution in [3.05, 3.63) is 72.4 Å². The summed E-state index contributed by atoms with van der Waals surface area (Å²) in [5, 5.41) is 9.36. The van der Waals surface area contributed by atoms with Gasteiger partial charge in [-0.25, -0.2) is 0 Å². The van der Waals surface area contributed by atoms with Crippen molar-refractivity contribution in [2.24, 2.45) is 11.8 Å². The molecule has 29 heavy (non-hydrogen) atoms. The molecule has 0 amide bonds. The van der Waals surface area contributed by atoms with Crippen LogP contribution in [-0.2, 0) is 0 Å². The van der Waals surface area contributed by atoms with Crippen LogP contribution in [-0.4, -0.2) is 0 Å². The Hall–Kier alpha value is -2.07. The first kappa shape index (κ1) is 26.9. The van der Waals surface area contributed by atoms with Gasteiger partial charge in [-0.3, -0.25) is 0 Å². The molecular formula is C28H43N. The van der Waals surface area contributed by atoms with E-state index in [0.717, 1.165) is 19.3 Å². The number of nitriles is 1. The van der Waals surface area contributed by atoms with E-state index in [1.54, 1.807) is 6.08 Å². The maximum atomic E-state index is 9.36. The second-order valence-corrected chi connectivity index (χ2v) is 8.09. The van der Waals surface area contributed by atoms with E-state index in [4.69, 9.17) is 0 Å². The van der Waals surface area contributed by atoms with Crippen LogP contribution in [0.1, 0.15) is 85.5 Å². The van der Waals surface area contributed by atoms with E-state index in [1.165, 1.54) is 55.2 Å². The van der Waals surface area contributed by atoms with Crippen LogP contribution in [0.25, 0.3) is 0 Å². The predicted octanol–water partition coefficient (Wildman–Crippen LogP) is 9.04. The molecule has 0 saturated heterocycles. The smallest absolute Gasteiger partial charge is 0.0988 e. The lowest BCUT2D eigenvalue weighted by Crippen LogP contribution is -2.08. The molecule has 0 heterocycles. The first-order valence-corrected chi connectivity index (χ1v) is 11.3. The third-order valence-corrected chi connectivity index (χ3v) is 5.26. The summed E-state index contributed by atoms with van der Waals surface area (Å²) >= 11 is 0. The molecule has 2 unspecified atom stereocenters. The minimum atomic E-state index is 0.0604. The first-order chi connectivity index (χ1) is 13.9. The number of nitrogens with zero attached hydrogens (tertiary/aromatic N) is 1. The molecule has 0 aromatic heterocycles. The monoisotopic (exact) mass is 393 g/mol. The molecule has 0 aliphatic heterocycles. The minimum absolute atomic E-state index is 0.0604. The highest BCUT2D eigenvalue weighted by Gasteiger charge is 2.17. The van der Waals surface area contributed by atoms with Crippen molar-refractivity contribution in [3.63, 3.8) is 0 Å². The molecule has 1 heteroatoms. The molecule has 0 bridgehead atoms. The van der Waals surface area contributed by atoms with Crippen LogP contribution in [0.3, 0.4) is 0 Å². The quantitative estimate of drug-likeness (QED) is 0.111. The number of rotatable bonds is 16. The Kier molecular flexibility index (Phi) is 15.6. The van der Waals surface area contributed by atoms with E-state index < -0.39 is 0 Å². The highest BCUT2D eigenvalue weighted by molar-refractivity contribution is 5.40. The molecule has 0 aromatic carbocycles. The zero-order valence-electron chi connectivity index (χ0n) is 19.5. The molecule has 0 aliphatic rings. The Morgan fingerprint density at radius 3 is 2.34 bits per heavy atom. The molecule has 0 aromatic rings. The molecule has 160 valence electrons. The van der Waals surface area contributed by atoms with Crippen LogP contribution in [0.2, 0.25) is 0 Å². The zero-order valence-corrected chi connectivity index (χ0v) is 19.5. The Bertz CT molecular complexity index is 636. The second-order valence-electron chi connectivity index (χ2n) is 8.09. The van der Waals surface area contributed by atoms with E-state index in [2.05, 4.69) is 64.8 Å². The maximum Gasteiger partial charge on any atom is 0.0988 e. The Morgan fingerprint density at radius 1 is 1.10 bits per heavy atom. The van der Waals surface area contributed by atoms with Crippen molar-refractivity contribution in [1.82, 2.24) is 0 Å². The molecule has 0 fully saturated rings. The van der Waals surface area contributed by atoms with Gasteiger partial charge >= 0.3 is 0 Å². The summed E-state index contributed by atoms with van der Waals surface area (Å²) in [4.78, 5) is 0. The van der Waals surface area contributed by atoms with Crippen LogP contribution in [0, 0.1) is 23.2 Å². The normalized spacial score (nSPS) is 14.4. The van der Waals surface area contributed by atoms with Gasteiger partial charge in [-0.2, -0.15) is 5.26 Å². The summed E-state index contributed by atoms with van der Waals surface area (Å²) in [5.41, 5.74) is 4.40. The predicted molar refractivity (Wildman–Crippen MR) is 131 cm³/mol. The molecule has 1 nitrogen and oxygen atoms in total. The minimum Gasteiger partial charge on any atom is -0.192 e. The van der Waals surface area contributed by atoms with Crippen LogP contribution < -0.4 is 0 Å². The van der Waals surface area contributed by atoms with Gasteiger partial charge in [0.1, 0.15) is 0 Å². The van der Waals surface area contributed by atoms with Crippen molar-refractivity contribution in [2.75, 3.05) is 0 Å². The average molecular weight is 394 g/mol. The van der Waals surface area contributed by atoms with Gasteiger partial charge in [0, 0.05) is 11.5 Å². The maximum absolute atomic E-state index is 9.36. The number of allylic oxidation sites excluding steroid dienone is 9. The molecule has 0 rings (SSSR count). The lowest BCUT2D eigenvalue weighted by Gasteiger charge is -2.21. The van der Waals surface area contributed by atoms with Crippen molar-refractivity contribution in [3.8, 4) is 6.07 Å².